The van der Waals surface area contributed by atoms with E-state index in [0.717, 1.165) is 0 Å². The summed E-state index contributed by atoms with van der Waals surface area (Å²) in [6.45, 7) is -0.384. The van der Waals surface area contributed by atoms with Gasteiger partial charge in [-0.1, -0.05) is 0 Å². The Morgan fingerprint density at radius 1 is 1.38 bits per heavy atom. The monoisotopic (exact) mass is 193 g/mol. The van der Waals surface area contributed by atoms with Crippen LogP contribution in [0.25, 0.3) is 0 Å². The molecule has 0 saturated carbocycles. The summed E-state index contributed by atoms with van der Waals surface area (Å²) in [5.41, 5.74) is 5.50. The zero-order valence-corrected chi connectivity index (χ0v) is 7.33. The van der Waals surface area contributed by atoms with E-state index in [9.17, 15) is 10.2 Å². The molecule has 0 radical (unpaired) electrons. The number of hydrogen-bond acceptors (Lipinski definition) is 6. The van der Waals surface area contributed by atoms with Crippen molar-refractivity contribution in [3.05, 3.63) is 0 Å². The van der Waals surface area contributed by atoms with Gasteiger partial charge in [-0.25, -0.2) is 0 Å². The van der Waals surface area contributed by atoms with Gasteiger partial charge in [0, 0.05) is 7.11 Å². The second-order valence-electron chi connectivity index (χ2n) is 3.02. The number of methoxy groups -OCH3 is 1. The Labute approximate surface area is 75.9 Å². The van der Waals surface area contributed by atoms with Crippen LogP contribution < -0.4 is 5.73 Å². The Balaban J connectivity index is 2.66. The zero-order valence-electron chi connectivity index (χ0n) is 7.33. The van der Waals surface area contributed by atoms with Gasteiger partial charge in [0.05, 0.1) is 12.6 Å². The summed E-state index contributed by atoms with van der Waals surface area (Å²) in [6.07, 6.45) is -3.96. The number of rotatable bonds is 2. The molecule has 0 bridgehead atoms. The number of nitrogens with two attached hydrogens (primary N) is 1. The molecule has 1 fully saturated rings. The van der Waals surface area contributed by atoms with Crippen LogP contribution in [-0.2, 0) is 9.47 Å². The smallest absolute Gasteiger partial charge is 0.175 e. The van der Waals surface area contributed by atoms with Crippen LogP contribution in [0.1, 0.15) is 0 Å². The predicted molar refractivity (Wildman–Crippen MR) is 42.7 cm³/mol. The Morgan fingerprint density at radius 3 is 2.46 bits per heavy atom. The SMILES string of the molecule is COC1O[C@H](CO)C(O)[C@H](O)[C@@H]1N. The van der Waals surface area contributed by atoms with E-state index in [4.69, 9.17) is 20.3 Å². The topological polar surface area (TPSA) is 105 Å². The fourth-order valence-electron chi connectivity index (χ4n) is 1.32. The van der Waals surface area contributed by atoms with Crippen LogP contribution in [-0.4, -0.2) is 59.7 Å². The van der Waals surface area contributed by atoms with Gasteiger partial charge in [-0.2, -0.15) is 0 Å². The number of ether oxygens (including phenoxy) is 2. The lowest BCUT2D eigenvalue weighted by Crippen LogP contribution is -2.62. The van der Waals surface area contributed by atoms with Crippen LogP contribution in [0, 0.1) is 0 Å². The molecule has 1 heterocycles. The molecule has 0 aromatic carbocycles. The molecule has 78 valence electrons. The lowest BCUT2D eigenvalue weighted by atomic mass is 9.98. The number of aliphatic hydroxyl groups excluding tert-OH is 3. The van der Waals surface area contributed by atoms with E-state index in [2.05, 4.69) is 0 Å². The lowest BCUT2D eigenvalue weighted by molar-refractivity contribution is -0.257. The first-order valence-corrected chi connectivity index (χ1v) is 4.02. The first-order valence-electron chi connectivity index (χ1n) is 4.02. The standard InChI is InChI=1S/C7H15NO5/c1-12-7-4(8)6(11)5(10)3(2-9)13-7/h3-7,9-11H,2,8H2,1H3/t3-,4+,5?,6-,7?/m1/s1. The molecule has 5 atom stereocenters. The quantitative estimate of drug-likeness (QED) is 0.383. The third-order valence-corrected chi connectivity index (χ3v) is 2.16. The summed E-state index contributed by atoms with van der Waals surface area (Å²) in [5.74, 6) is 0. The van der Waals surface area contributed by atoms with Gasteiger partial charge in [-0.15, -0.1) is 0 Å². The van der Waals surface area contributed by atoms with Gasteiger partial charge in [-0.3, -0.25) is 0 Å². The summed E-state index contributed by atoms with van der Waals surface area (Å²) in [7, 11) is 1.38. The van der Waals surface area contributed by atoms with Gasteiger partial charge in [0.15, 0.2) is 6.29 Å². The van der Waals surface area contributed by atoms with Gasteiger partial charge in [-0.05, 0) is 0 Å². The molecule has 1 aliphatic heterocycles. The molecule has 2 unspecified atom stereocenters. The highest BCUT2D eigenvalue weighted by molar-refractivity contribution is 4.91. The molecular weight excluding hydrogens is 178 g/mol. The molecule has 1 saturated heterocycles. The van der Waals surface area contributed by atoms with Gasteiger partial charge in [0.25, 0.3) is 0 Å². The van der Waals surface area contributed by atoms with Crippen molar-refractivity contribution in [3.8, 4) is 0 Å². The Morgan fingerprint density at radius 2 is 2.00 bits per heavy atom. The van der Waals surface area contributed by atoms with Crippen LogP contribution in [0.3, 0.4) is 0 Å². The molecule has 6 nitrogen and oxygen atoms in total. The number of aliphatic hydroxyl groups is 3. The van der Waals surface area contributed by atoms with E-state index in [1.165, 1.54) is 7.11 Å². The molecule has 5 N–H and O–H groups in total. The highest BCUT2D eigenvalue weighted by Gasteiger charge is 2.42. The third-order valence-electron chi connectivity index (χ3n) is 2.16. The minimum atomic E-state index is -1.17. The lowest BCUT2D eigenvalue weighted by Gasteiger charge is -2.39. The molecule has 1 aliphatic rings. The number of hydrogen-bond donors (Lipinski definition) is 4. The minimum absolute atomic E-state index is 0.384. The first kappa shape index (κ1) is 10.8. The molecule has 1 rings (SSSR count). The van der Waals surface area contributed by atoms with Gasteiger partial charge < -0.3 is 30.5 Å². The highest BCUT2D eigenvalue weighted by atomic mass is 16.7. The molecular formula is C7H15NO5. The van der Waals surface area contributed by atoms with Crippen molar-refractivity contribution < 1.29 is 24.8 Å². The van der Waals surface area contributed by atoms with E-state index >= 15 is 0 Å². The van der Waals surface area contributed by atoms with Crippen molar-refractivity contribution in [1.29, 1.82) is 0 Å². The molecule has 6 heteroatoms. The maximum Gasteiger partial charge on any atom is 0.175 e. The van der Waals surface area contributed by atoms with E-state index in [0.29, 0.717) is 0 Å². The Bertz CT molecular complexity index is 147. The molecule has 0 spiro atoms. The predicted octanol–water partition coefficient (Wildman–Crippen LogP) is -2.60. The molecule has 0 aliphatic carbocycles. The normalized spacial score (nSPS) is 46.4. The fraction of sp³-hybridized carbons (Fsp3) is 1.00. The van der Waals surface area contributed by atoms with Crippen molar-refractivity contribution >= 4 is 0 Å². The Kier molecular flexibility index (Phi) is 3.60. The first-order chi connectivity index (χ1) is 6.11. The largest absolute Gasteiger partial charge is 0.394 e. The summed E-state index contributed by atoms with van der Waals surface area (Å²) in [4.78, 5) is 0. The Hall–Kier alpha value is -0.240. The summed E-state index contributed by atoms with van der Waals surface area (Å²) in [6, 6.07) is -0.803. The molecule has 0 aromatic heterocycles. The van der Waals surface area contributed by atoms with Gasteiger partial charge in [0.2, 0.25) is 0 Å². The van der Waals surface area contributed by atoms with Gasteiger partial charge in [0.1, 0.15) is 18.3 Å². The van der Waals surface area contributed by atoms with E-state index in [-0.39, 0.29) is 6.61 Å². The van der Waals surface area contributed by atoms with Crippen molar-refractivity contribution in [2.24, 2.45) is 5.73 Å². The van der Waals surface area contributed by atoms with Crippen LogP contribution in [0.4, 0.5) is 0 Å². The van der Waals surface area contributed by atoms with Crippen LogP contribution >= 0.6 is 0 Å². The van der Waals surface area contributed by atoms with Crippen LogP contribution in [0.15, 0.2) is 0 Å². The average Bonchev–Trinajstić information content (AvgIpc) is 2.15. The third kappa shape index (κ3) is 1.98. The van der Waals surface area contributed by atoms with E-state index in [1.54, 1.807) is 0 Å². The van der Waals surface area contributed by atoms with Crippen LogP contribution in [0.5, 0.6) is 0 Å². The van der Waals surface area contributed by atoms with Crippen molar-refractivity contribution in [2.45, 2.75) is 30.6 Å². The second kappa shape index (κ2) is 4.32. The summed E-state index contributed by atoms with van der Waals surface area (Å²) < 4.78 is 9.90. The fourth-order valence-corrected chi connectivity index (χ4v) is 1.32. The van der Waals surface area contributed by atoms with Crippen molar-refractivity contribution in [2.75, 3.05) is 13.7 Å². The van der Waals surface area contributed by atoms with E-state index in [1.807, 2.05) is 0 Å². The average molecular weight is 193 g/mol. The molecule has 13 heavy (non-hydrogen) atoms. The highest BCUT2D eigenvalue weighted by Crippen LogP contribution is 2.19. The van der Waals surface area contributed by atoms with Crippen LogP contribution in [0.2, 0.25) is 0 Å². The zero-order chi connectivity index (χ0) is 10.0. The maximum atomic E-state index is 9.40. The maximum absolute atomic E-state index is 9.40. The van der Waals surface area contributed by atoms with E-state index < -0.39 is 30.6 Å². The summed E-state index contributed by atoms with van der Waals surface area (Å²) in [5, 5.41) is 27.5. The molecule has 0 amide bonds. The second-order valence-corrected chi connectivity index (χ2v) is 3.02. The minimum Gasteiger partial charge on any atom is -0.394 e. The molecule has 0 aromatic rings. The summed E-state index contributed by atoms with van der Waals surface area (Å²) >= 11 is 0. The van der Waals surface area contributed by atoms with Gasteiger partial charge >= 0.3 is 0 Å². The van der Waals surface area contributed by atoms with Crippen molar-refractivity contribution in [3.63, 3.8) is 0 Å². The van der Waals surface area contributed by atoms with Crippen molar-refractivity contribution in [1.82, 2.24) is 0 Å².